The minimum absolute atomic E-state index is 0.0804. The van der Waals surface area contributed by atoms with Crippen LogP contribution in [0.4, 0.5) is 0 Å². The molecule has 5 nitrogen and oxygen atoms in total. The van der Waals surface area contributed by atoms with Crippen molar-refractivity contribution in [3.63, 3.8) is 0 Å². The normalized spacial score (nSPS) is 15.9. The molecule has 0 saturated heterocycles. The molecule has 0 bridgehead atoms. The Bertz CT molecular complexity index is 935. The second kappa shape index (κ2) is 5.73. The van der Waals surface area contributed by atoms with Gasteiger partial charge in [0.15, 0.2) is 5.82 Å². The summed E-state index contributed by atoms with van der Waals surface area (Å²) in [4.78, 5) is 5.20. The maximum absolute atomic E-state index is 5.20. The van der Waals surface area contributed by atoms with E-state index >= 15 is 0 Å². The molecule has 4 rings (SSSR count). The zero-order valence-corrected chi connectivity index (χ0v) is 16.1. The number of aromatic amines is 1. The highest BCUT2D eigenvalue weighted by Gasteiger charge is 2.38. The summed E-state index contributed by atoms with van der Waals surface area (Å²) in [5, 5.41) is 14.9. The summed E-state index contributed by atoms with van der Waals surface area (Å²) in [6.45, 7) is 11.2. The second-order valence-electron chi connectivity index (χ2n) is 8.79. The summed E-state index contributed by atoms with van der Waals surface area (Å²) in [5.74, 6) is 0.689. The van der Waals surface area contributed by atoms with Crippen molar-refractivity contribution < 1.29 is 0 Å². The van der Waals surface area contributed by atoms with Gasteiger partial charge in [-0.1, -0.05) is 65.0 Å². The van der Waals surface area contributed by atoms with Crippen molar-refractivity contribution in [2.24, 2.45) is 0 Å². The first-order valence-corrected chi connectivity index (χ1v) is 9.16. The average Bonchev–Trinajstić information content (AvgIpc) is 3.22. The molecule has 0 amide bonds. The number of H-pyrrole nitrogens is 1. The Balaban J connectivity index is 2.16. The van der Waals surface area contributed by atoms with Gasteiger partial charge in [-0.25, -0.2) is 5.10 Å². The van der Waals surface area contributed by atoms with Crippen LogP contribution in [0.3, 0.4) is 0 Å². The molecule has 5 heteroatoms. The Labute approximate surface area is 154 Å². The van der Waals surface area contributed by atoms with Gasteiger partial charge in [0.2, 0.25) is 0 Å². The smallest absolute Gasteiger partial charge is 0.181 e. The Morgan fingerprint density at radius 2 is 1.77 bits per heavy atom. The largest absolute Gasteiger partial charge is 0.256 e. The maximum atomic E-state index is 5.20. The van der Waals surface area contributed by atoms with Crippen molar-refractivity contribution in [2.45, 2.75) is 58.3 Å². The molecule has 1 N–H and O–H groups in total. The zero-order valence-electron chi connectivity index (χ0n) is 16.1. The summed E-state index contributed by atoms with van der Waals surface area (Å²) in [6.07, 6.45) is 2.13. The first-order chi connectivity index (χ1) is 12.3. The lowest BCUT2D eigenvalue weighted by molar-refractivity contribution is 0.498. The lowest BCUT2D eigenvalue weighted by Crippen LogP contribution is -2.22. The SMILES string of the molecule is CC(C)(C)c1nc2c(c(-c3ccccc3)c1-c1nnn[nH]1)CCC2(C)C. The molecule has 26 heavy (non-hydrogen) atoms. The summed E-state index contributed by atoms with van der Waals surface area (Å²) in [5.41, 5.74) is 7.01. The number of pyridine rings is 1. The topological polar surface area (TPSA) is 67.3 Å². The first-order valence-electron chi connectivity index (χ1n) is 9.16. The molecule has 2 aromatic heterocycles. The average molecular weight is 347 g/mol. The molecule has 0 atom stereocenters. The molecule has 0 aliphatic heterocycles. The third kappa shape index (κ3) is 2.62. The first kappa shape index (κ1) is 16.9. The van der Waals surface area contributed by atoms with Gasteiger partial charge in [0.1, 0.15) is 0 Å². The van der Waals surface area contributed by atoms with Gasteiger partial charge >= 0.3 is 0 Å². The third-order valence-electron chi connectivity index (χ3n) is 5.29. The predicted molar refractivity (Wildman–Crippen MR) is 103 cm³/mol. The van der Waals surface area contributed by atoms with Gasteiger partial charge in [0.05, 0.1) is 17.0 Å². The molecule has 1 aromatic carbocycles. The van der Waals surface area contributed by atoms with Crippen molar-refractivity contribution in [1.82, 2.24) is 25.6 Å². The monoisotopic (exact) mass is 347 g/mol. The van der Waals surface area contributed by atoms with E-state index in [4.69, 9.17) is 4.98 Å². The molecular formula is C21H25N5. The fourth-order valence-corrected chi connectivity index (χ4v) is 3.94. The van der Waals surface area contributed by atoms with Crippen LogP contribution in [0.15, 0.2) is 30.3 Å². The molecule has 2 heterocycles. The van der Waals surface area contributed by atoms with Crippen molar-refractivity contribution >= 4 is 0 Å². The van der Waals surface area contributed by atoms with Gasteiger partial charge in [0, 0.05) is 10.8 Å². The zero-order chi connectivity index (χ0) is 18.5. The van der Waals surface area contributed by atoms with Crippen LogP contribution in [-0.4, -0.2) is 25.6 Å². The van der Waals surface area contributed by atoms with Crippen LogP contribution in [0.25, 0.3) is 22.5 Å². The number of aromatic nitrogens is 5. The Kier molecular flexibility index (Phi) is 3.72. The molecule has 134 valence electrons. The summed E-state index contributed by atoms with van der Waals surface area (Å²) < 4.78 is 0. The molecule has 0 fully saturated rings. The van der Waals surface area contributed by atoms with E-state index in [-0.39, 0.29) is 10.8 Å². The lowest BCUT2D eigenvalue weighted by atomic mass is 9.81. The van der Waals surface area contributed by atoms with E-state index < -0.39 is 0 Å². The lowest BCUT2D eigenvalue weighted by Gasteiger charge is -2.27. The highest BCUT2D eigenvalue weighted by Crippen LogP contribution is 2.47. The summed E-state index contributed by atoms with van der Waals surface area (Å²) in [6, 6.07) is 10.6. The molecule has 0 unspecified atom stereocenters. The quantitative estimate of drug-likeness (QED) is 0.743. The minimum Gasteiger partial charge on any atom is -0.256 e. The van der Waals surface area contributed by atoms with Gasteiger partial charge in [0.25, 0.3) is 0 Å². The molecular weight excluding hydrogens is 322 g/mol. The van der Waals surface area contributed by atoms with Crippen molar-refractivity contribution in [2.75, 3.05) is 0 Å². The van der Waals surface area contributed by atoms with E-state index in [0.29, 0.717) is 5.82 Å². The summed E-state index contributed by atoms with van der Waals surface area (Å²) >= 11 is 0. The highest BCUT2D eigenvalue weighted by molar-refractivity contribution is 5.86. The number of hydrogen-bond donors (Lipinski definition) is 1. The van der Waals surface area contributed by atoms with Crippen molar-refractivity contribution in [1.29, 1.82) is 0 Å². The van der Waals surface area contributed by atoms with Crippen LogP contribution in [0.1, 0.15) is 58.0 Å². The number of tetrazole rings is 1. The molecule has 0 spiro atoms. The number of fused-ring (bicyclic) bond motifs is 1. The van der Waals surface area contributed by atoms with E-state index in [1.807, 2.05) is 0 Å². The van der Waals surface area contributed by atoms with Crippen LogP contribution < -0.4 is 0 Å². The number of nitrogens with one attached hydrogen (secondary N) is 1. The second-order valence-corrected chi connectivity index (χ2v) is 8.79. The Hall–Kier alpha value is -2.56. The molecule has 3 aromatic rings. The standard InChI is InChI=1S/C21H25N5/c1-20(2,3)18-16(19-23-25-26-24-19)15(13-9-7-6-8-10-13)14-11-12-21(4,5)17(14)22-18/h6-10H,11-12H2,1-5H3,(H,23,24,25,26). The van der Waals surface area contributed by atoms with Gasteiger partial charge in [-0.2, -0.15) is 0 Å². The van der Waals surface area contributed by atoms with Crippen molar-refractivity contribution in [3.8, 4) is 22.5 Å². The number of hydrogen-bond acceptors (Lipinski definition) is 4. The van der Waals surface area contributed by atoms with Crippen LogP contribution in [0, 0.1) is 0 Å². The maximum Gasteiger partial charge on any atom is 0.181 e. The number of benzene rings is 1. The van der Waals surface area contributed by atoms with Gasteiger partial charge < -0.3 is 0 Å². The van der Waals surface area contributed by atoms with Gasteiger partial charge in [-0.15, -0.1) is 5.10 Å². The predicted octanol–water partition coefficient (Wildman–Crippen LogP) is 4.45. The van der Waals surface area contributed by atoms with Gasteiger partial charge in [-0.05, 0) is 40.0 Å². The minimum atomic E-state index is -0.126. The molecule has 1 aliphatic carbocycles. The molecule has 0 radical (unpaired) electrons. The summed E-state index contributed by atoms with van der Waals surface area (Å²) in [7, 11) is 0. The highest BCUT2D eigenvalue weighted by atomic mass is 15.5. The van der Waals surface area contributed by atoms with E-state index in [9.17, 15) is 0 Å². The molecule has 1 aliphatic rings. The van der Waals surface area contributed by atoms with Gasteiger partial charge in [-0.3, -0.25) is 4.98 Å². The van der Waals surface area contributed by atoms with E-state index in [1.165, 1.54) is 22.4 Å². The van der Waals surface area contributed by atoms with E-state index in [1.54, 1.807) is 0 Å². The van der Waals surface area contributed by atoms with Crippen LogP contribution >= 0.6 is 0 Å². The van der Waals surface area contributed by atoms with Crippen LogP contribution in [0.2, 0.25) is 0 Å². The number of rotatable bonds is 2. The molecule has 0 saturated carbocycles. The Morgan fingerprint density at radius 1 is 1.04 bits per heavy atom. The fraction of sp³-hybridized carbons (Fsp3) is 0.429. The van der Waals surface area contributed by atoms with Crippen LogP contribution in [-0.2, 0) is 17.3 Å². The third-order valence-corrected chi connectivity index (χ3v) is 5.29. The van der Waals surface area contributed by atoms with E-state index in [0.717, 1.165) is 24.1 Å². The number of nitrogens with zero attached hydrogens (tertiary/aromatic N) is 4. The Morgan fingerprint density at radius 3 is 2.38 bits per heavy atom. The fourth-order valence-electron chi connectivity index (χ4n) is 3.94. The van der Waals surface area contributed by atoms with E-state index in [2.05, 4.69) is 85.6 Å². The van der Waals surface area contributed by atoms with Crippen molar-refractivity contribution in [3.05, 3.63) is 47.3 Å². The van der Waals surface area contributed by atoms with Crippen LogP contribution in [0.5, 0.6) is 0 Å².